The molecule has 0 bridgehead atoms. The fourth-order valence-electron chi connectivity index (χ4n) is 7.84. The Morgan fingerprint density at radius 1 is 1.08 bits per heavy atom. The minimum absolute atomic E-state index is 0.0299. The van der Waals surface area contributed by atoms with Crippen LogP contribution in [0.3, 0.4) is 0 Å². The predicted octanol–water partition coefficient (Wildman–Crippen LogP) is 4.26. The van der Waals surface area contributed by atoms with Crippen LogP contribution in [0.15, 0.2) is 54.3 Å². The van der Waals surface area contributed by atoms with E-state index in [9.17, 15) is 19.2 Å². The lowest BCUT2D eigenvalue weighted by Crippen LogP contribution is -2.58. The second-order valence-corrected chi connectivity index (χ2v) is 12.2. The number of carbonyl (C=O) groups is 4. The molecule has 7 heteroatoms. The number of Topliss-reactive ketones (excluding diaryl/α,β-unsaturated/α-hetero) is 3. The number of aromatic nitrogens is 1. The summed E-state index contributed by atoms with van der Waals surface area (Å²) >= 11 is 0. The maximum absolute atomic E-state index is 14.3. The van der Waals surface area contributed by atoms with Crippen LogP contribution in [0.5, 0.6) is 0 Å². The Morgan fingerprint density at radius 2 is 1.85 bits per heavy atom. The quantitative estimate of drug-likeness (QED) is 0.262. The smallest absolute Gasteiger partial charge is 0.235 e. The molecule has 2 aliphatic carbocycles. The fourth-order valence-corrected chi connectivity index (χ4v) is 7.84. The highest BCUT2D eigenvalue weighted by molar-refractivity contribution is 6.43. The topological polar surface area (TPSA) is 109 Å². The van der Waals surface area contributed by atoms with Crippen molar-refractivity contribution in [1.82, 2.24) is 10.3 Å². The van der Waals surface area contributed by atoms with Crippen LogP contribution in [-0.4, -0.2) is 46.0 Å². The average molecular weight is 529 g/mol. The highest BCUT2D eigenvalue weighted by Gasteiger charge is 2.78. The monoisotopic (exact) mass is 528 g/mol. The van der Waals surface area contributed by atoms with Gasteiger partial charge in [0.15, 0.2) is 0 Å². The molecule has 2 unspecified atom stereocenters. The van der Waals surface area contributed by atoms with Gasteiger partial charge in [0.2, 0.25) is 17.5 Å². The zero-order valence-electron chi connectivity index (χ0n) is 23.0. The zero-order valence-corrected chi connectivity index (χ0v) is 23.0. The molecule has 1 aromatic carbocycles. The van der Waals surface area contributed by atoms with Gasteiger partial charge in [-0.1, -0.05) is 50.3 Å². The zero-order chi connectivity index (χ0) is 27.7. The summed E-state index contributed by atoms with van der Waals surface area (Å²) in [5.74, 6) is -2.47. The molecule has 3 fully saturated rings. The first-order valence-electron chi connectivity index (χ1n) is 14.1. The summed E-state index contributed by atoms with van der Waals surface area (Å²) in [6.45, 7) is 7.83. The molecule has 1 aromatic heterocycles. The first-order valence-corrected chi connectivity index (χ1v) is 14.1. The standard InChI is InChI=1S/C32H36N2O5/c1-17-8-7-10-22-29-31(4,39-29)19(3)27-24(15-20-16-33-23-11-6-5-9-21(20)23)34-30(38)32(22,27)26(36)13-12-25(35)28(37)18(2)14-17/h5-7,9-11,14,16-17,19,22,24,27,29,33H,8,12-13,15H2,1-4H3,(H,34,38)/b10-7+,18-14-/t17-,19-,22?,24-,27-,29-,31+,32?/m0/s1. The number of allylic oxidation sites excluding steroid dienone is 3. The molecule has 7 nitrogen and oxygen atoms in total. The third-order valence-electron chi connectivity index (χ3n) is 9.99. The Bertz CT molecular complexity index is 1450. The third-order valence-corrected chi connectivity index (χ3v) is 9.99. The molecule has 2 saturated heterocycles. The number of ketones is 3. The van der Waals surface area contributed by atoms with E-state index in [1.54, 1.807) is 6.92 Å². The molecule has 39 heavy (non-hydrogen) atoms. The number of rotatable bonds is 2. The summed E-state index contributed by atoms with van der Waals surface area (Å²) in [4.78, 5) is 57.3. The normalized spacial score (nSPS) is 40.8. The maximum atomic E-state index is 14.3. The van der Waals surface area contributed by atoms with Gasteiger partial charge in [-0.15, -0.1) is 0 Å². The molecule has 2 aromatic rings. The van der Waals surface area contributed by atoms with Crippen LogP contribution in [0, 0.1) is 29.1 Å². The molecule has 204 valence electrons. The van der Waals surface area contributed by atoms with Crippen LogP contribution in [0.2, 0.25) is 0 Å². The minimum Gasteiger partial charge on any atom is -0.365 e. The summed E-state index contributed by atoms with van der Waals surface area (Å²) in [6.07, 6.45) is 8.46. The van der Waals surface area contributed by atoms with Crippen molar-refractivity contribution in [1.29, 1.82) is 0 Å². The number of hydrogen-bond donors (Lipinski definition) is 2. The van der Waals surface area contributed by atoms with E-state index in [2.05, 4.69) is 30.2 Å². The second-order valence-electron chi connectivity index (χ2n) is 12.2. The summed E-state index contributed by atoms with van der Waals surface area (Å²) in [5, 5.41) is 4.34. The summed E-state index contributed by atoms with van der Waals surface area (Å²) in [7, 11) is 0. The highest BCUT2D eigenvalue weighted by atomic mass is 16.6. The predicted molar refractivity (Wildman–Crippen MR) is 147 cm³/mol. The Kier molecular flexibility index (Phi) is 6.06. The van der Waals surface area contributed by atoms with Crippen molar-refractivity contribution in [2.75, 3.05) is 0 Å². The molecule has 1 spiro atoms. The number of amides is 1. The van der Waals surface area contributed by atoms with Crippen molar-refractivity contribution in [2.24, 2.45) is 29.1 Å². The Hall–Kier alpha value is -3.32. The average Bonchev–Trinajstić information content (AvgIpc) is 3.31. The van der Waals surface area contributed by atoms with Gasteiger partial charge < -0.3 is 15.0 Å². The van der Waals surface area contributed by atoms with Crippen molar-refractivity contribution in [3.05, 3.63) is 59.8 Å². The molecular formula is C32H36N2O5. The van der Waals surface area contributed by atoms with Crippen LogP contribution >= 0.6 is 0 Å². The van der Waals surface area contributed by atoms with Gasteiger partial charge in [-0.2, -0.15) is 0 Å². The highest BCUT2D eigenvalue weighted by Crippen LogP contribution is 2.66. The van der Waals surface area contributed by atoms with Gasteiger partial charge in [0.25, 0.3) is 0 Å². The van der Waals surface area contributed by atoms with Gasteiger partial charge in [0.1, 0.15) is 11.2 Å². The molecular weight excluding hydrogens is 492 g/mol. The molecule has 2 N–H and O–H groups in total. The van der Waals surface area contributed by atoms with Crippen LogP contribution in [0.4, 0.5) is 0 Å². The molecule has 8 atom stereocenters. The molecule has 6 rings (SSSR count). The molecule has 3 heterocycles. The van der Waals surface area contributed by atoms with E-state index in [1.807, 2.05) is 49.5 Å². The van der Waals surface area contributed by atoms with Gasteiger partial charge in [-0.3, -0.25) is 19.2 Å². The lowest BCUT2D eigenvalue weighted by Gasteiger charge is -2.46. The number of nitrogens with one attached hydrogen (secondary N) is 2. The molecule has 1 saturated carbocycles. The van der Waals surface area contributed by atoms with Crippen molar-refractivity contribution in [2.45, 2.75) is 71.1 Å². The fraction of sp³-hybridized carbons (Fsp3) is 0.500. The van der Waals surface area contributed by atoms with Crippen molar-refractivity contribution in [3.63, 3.8) is 0 Å². The lowest BCUT2D eigenvalue weighted by molar-refractivity contribution is -0.149. The molecule has 0 radical (unpaired) electrons. The number of H-pyrrole nitrogens is 1. The first kappa shape index (κ1) is 25.9. The first-order chi connectivity index (χ1) is 18.6. The number of aromatic amines is 1. The SMILES string of the molecule is C/C1=C/[C@@H](C)C/C=C/C2[C@@H]3O[C@]3(C)[C@@H](C)[C@H]3[C@H](Cc4c[nH]c5ccccc45)NC(=O)C23C(=O)CCC(=O)C1=O. The van der Waals surface area contributed by atoms with E-state index in [4.69, 9.17) is 4.74 Å². The number of ether oxygens (including phenoxy) is 1. The van der Waals surface area contributed by atoms with E-state index in [1.165, 1.54) is 0 Å². The summed E-state index contributed by atoms with van der Waals surface area (Å²) in [6, 6.07) is 7.79. The number of carbonyl (C=O) groups excluding carboxylic acids is 4. The Morgan fingerprint density at radius 3 is 2.64 bits per heavy atom. The van der Waals surface area contributed by atoms with E-state index in [0.29, 0.717) is 18.4 Å². The molecule has 2 aliphatic heterocycles. The van der Waals surface area contributed by atoms with E-state index in [-0.39, 0.29) is 54.4 Å². The van der Waals surface area contributed by atoms with E-state index >= 15 is 0 Å². The van der Waals surface area contributed by atoms with Gasteiger partial charge >= 0.3 is 0 Å². The van der Waals surface area contributed by atoms with Gasteiger partial charge in [0, 0.05) is 47.8 Å². The summed E-state index contributed by atoms with van der Waals surface area (Å²) in [5.41, 5.74) is 0.739. The van der Waals surface area contributed by atoms with Crippen LogP contribution < -0.4 is 5.32 Å². The van der Waals surface area contributed by atoms with Crippen LogP contribution in [0.25, 0.3) is 10.9 Å². The van der Waals surface area contributed by atoms with Crippen LogP contribution in [-0.2, 0) is 30.3 Å². The van der Waals surface area contributed by atoms with Crippen molar-refractivity contribution < 1.29 is 23.9 Å². The number of para-hydroxylation sites is 1. The Balaban J connectivity index is 1.44. The van der Waals surface area contributed by atoms with Crippen molar-refractivity contribution in [3.8, 4) is 0 Å². The number of epoxide rings is 1. The third kappa shape index (κ3) is 3.80. The van der Waals surface area contributed by atoms with E-state index < -0.39 is 28.5 Å². The lowest BCUT2D eigenvalue weighted by atomic mass is 9.51. The number of hydrogen-bond acceptors (Lipinski definition) is 5. The van der Waals surface area contributed by atoms with Gasteiger partial charge in [-0.05, 0) is 55.7 Å². The van der Waals surface area contributed by atoms with Crippen LogP contribution in [0.1, 0.15) is 52.5 Å². The van der Waals surface area contributed by atoms with Gasteiger partial charge in [-0.25, -0.2) is 0 Å². The summed E-state index contributed by atoms with van der Waals surface area (Å²) < 4.78 is 6.34. The van der Waals surface area contributed by atoms with Crippen molar-refractivity contribution >= 4 is 34.2 Å². The second kappa shape index (κ2) is 9.12. The molecule has 4 aliphatic rings. The maximum Gasteiger partial charge on any atom is 0.235 e. The number of fused-ring (bicyclic) bond motifs is 3. The molecule has 1 amide bonds. The van der Waals surface area contributed by atoms with E-state index in [0.717, 1.165) is 16.5 Å². The largest absolute Gasteiger partial charge is 0.365 e. The Labute approximate surface area is 228 Å². The van der Waals surface area contributed by atoms with Gasteiger partial charge in [0.05, 0.1) is 11.7 Å². The number of benzene rings is 1. The minimum atomic E-state index is -1.35.